The fourth-order valence-corrected chi connectivity index (χ4v) is 2.45. The second-order valence-corrected chi connectivity index (χ2v) is 4.59. The Morgan fingerprint density at radius 3 is 3.22 bits per heavy atom. The SMILES string of the molecule is COc1ccc2[nH]cc(C3COCCCN3)c2c1. The third-order valence-corrected chi connectivity index (χ3v) is 3.44. The number of ether oxygens (including phenoxy) is 2. The Labute approximate surface area is 106 Å². The smallest absolute Gasteiger partial charge is 0.119 e. The Bertz CT molecular complexity index is 528. The summed E-state index contributed by atoms with van der Waals surface area (Å²) >= 11 is 0. The zero-order valence-electron chi connectivity index (χ0n) is 10.5. The van der Waals surface area contributed by atoms with Crippen molar-refractivity contribution in [1.82, 2.24) is 10.3 Å². The Kier molecular flexibility index (Phi) is 3.21. The van der Waals surface area contributed by atoms with Crippen molar-refractivity contribution in [3.05, 3.63) is 30.0 Å². The molecule has 0 aliphatic carbocycles. The molecule has 4 nitrogen and oxygen atoms in total. The summed E-state index contributed by atoms with van der Waals surface area (Å²) in [5.41, 5.74) is 2.39. The van der Waals surface area contributed by atoms with Gasteiger partial charge in [-0.15, -0.1) is 0 Å². The number of hydrogen-bond acceptors (Lipinski definition) is 3. The van der Waals surface area contributed by atoms with E-state index in [2.05, 4.69) is 28.6 Å². The molecule has 0 radical (unpaired) electrons. The number of H-pyrrole nitrogens is 1. The maximum absolute atomic E-state index is 5.63. The molecule has 96 valence electrons. The van der Waals surface area contributed by atoms with Crippen LogP contribution in [-0.2, 0) is 4.74 Å². The van der Waals surface area contributed by atoms with Crippen molar-refractivity contribution in [2.24, 2.45) is 0 Å². The average Bonchev–Trinajstić information content (AvgIpc) is 2.64. The van der Waals surface area contributed by atoms with Crippen LogP contribution in [0.2, 0.25) is 0 Å². The van der Waals surface area contributed by atoms with Crippen LogP contribution in [0.5, 0.6) is 5.75 Å². The van der Waals surface area contributed by atoms with Gasteiger partial charge in [0.25, 0.3) is 0 Å². The number of aromatic amines is 1. The maximum atomic E-state index is 5.63. The zero-order valence-corrected chi connectivity index (χ0v) is 10.5. The molecule has 1 aliphatic rings. The Balaban J connectivity index is 1.99. The lowest BCUT2D eigenvalue weighted by atomic mass is 10.1. The molecule has 1 aromatic heterocycles. The van der Waals surface area contributed by atoms with Gasteiger partial charge in [0.1, 0.15) is 5.75 Å². The van der Waals surface area contributed by atoms with Gasteiger partial charge < -0.3 is 19.8 Å². The van der Waals surface area contributed by atoms with Crippen LogP contribution >= 0.6 is 0 Å². The summed E-state index contributed by atoms with van der Waals surface area (Å²) < 4.78 is 10.9. The fraction of sp³-hybridized carbons (Fsp3) is 0.429. The molecular formula is C14H18N2O2. The van der Waals surface area contributed by atoms with Crippen molar-refractivity contribution in [2.75, 3.05) is 26.9 Å². The first-order valence-electron chi connectivity index (χ1n) is 6.34. The predicted molar refractivity (Wildman–Crippen MR) is 71.0 cm³/mol. The van der Waals surface area contributed by atoms with Crippen LogP contribution in [-0.4, -0.2) is 31.9 Å². The number of aromatic nitrogens is 1. The van der Waals surface area contributed by atoms with E-state index in [0.717, 1.165) is 37.4 Å². The zero-order chi connectivity index (χ0) is 12.4. The molecule has 1 unspecified atom stereocenters. The number of fused-ring (bicyclic) bond motifs is 1. The summed E-state index contributed by atoms with van der Waals surface area (Å²) in [7, 11) is 1.69. The van der Waals surface area contributed by atoms with Crippen molar-refractivity contribution >= 4 is 10.9 Å². The summed E-state index contributed by atoms with van der Waals surface area (Å²) in [6.07, 6.45) is 3.14. The predicted octanol–water partition coefficient (Wildman–Crippen LogP) is 2.23. The molecule has 0 amide bonds. The van der Waals surface area contributed by atoms with Gasteiger partial charge in [-0.1, -0.05) is 0 Å². The highest BCUT2D eigenvalue weighted by atomic mass is 16.5. The first-order chi connectivity index (χ1) is 8.88. The minimum absolute atomic E-state index is 0.258. The minimum atomic E-state index is 0.258. The molecule has 1 aromatic carbocycles. The van der Waals surface area contributed by atoms with Gasteiger partial charge in [-0.05, 0) is 36.7 Å². The maximum Gasteiger partial charge on any atom is 0.119 e. The molecule has 18 heavy (non-hydrogen) atoms. The highest BCUT2D eigenvalue weighted by Gasteiger charge is 2.17. The molecule has 3 rings (SSSR count). The van der Waals surface area contributed by atoms with E-state index in [4.69, 9.17) is 9.47 Å². The number of methoxy groups -OCH3 is 1. The lowest BCUT2D eigenvalue weighted by molar-refractivity contribution is 0.132. The summed E-state index contributed by atoms with van der Waals surface area (Å²) in [4.78, 5) is 3.31. The Morgan fingerprint density at radius 1 is 1.39 bits per heavy atom. The lowest BCUT2D eigenvalue weighted by Crippen LogP contribution is -2.23. The van der Waals surface area contributed by atoms with Gasteiger partial charge >= 0.3 is 0 Å². The highest BCUT2D eigenvalue weighted by Crippen LogP contribution is 2.28. The van der Waals surface area contributed by atoms with Gasteiger partial charge in [0.2, 0.25) is 0 Å². The topological polar surface area (TPSA) is 46.3 Å². The summed E-state index contributed by atoms with van der Waals surface area (Å²) in [6, 6.07) is 6.36. The van der Waals surface area contributed by atoms with Gasteiger partial charge in [-0.25, -0.2) is 0 Å². The van der Waals surface area contributed by atoms with Crippen molar-refractivity contribution in [3.8, 4) is 5.75 Å². The molecule has 1 fully saturated rings. The van der Waals surface area contributed by atoms with E-state index in [-0.39, 0.29) is 6.04 Å². The van der Waals surface area contributed by atoms with Gasteiger partial charge in [-0.2, -0.15) is 0 Å². The van der Waals surface area contributed by atoms with Crippen LogP contribution < -0.4 is 10.1 Å². The number of rotatable bonds is 2. The third-order valence-electron chi connectivity index (χ3n) is 3.44. The van der Waals surface area contributed by atoms with Crippen LogP contribution in [0, 0.1) is 0 Å². The molecule has 0 spiro atoms. The van der Waals surface area contributed by atoms with E-state index < -0.39 is 0 Å². The van der Waals surface area contributed by atoms with Crippen LogP contribution in [0.4, 0.5) is 0 Å². The van der Waals surface area contributed by atoms with E-state index in [0.29, 0.717) is 0 Å². The van der Waals surface area contributed by atoms with Crippen LogP contribution in [0.15, 0.2) is 24.4 Å². The number of nitrogens with one attached hydrogen (secondary N) is 2. The molecule has 0 bridgehead atoms. The average molecular weight is 246 g/mol. The second-order valence-electron chi connectivity index (χ2n) is 4.59. The van der Waals surface area contributed by atoms with Crippen LogP contribution in [0.3, 0.4) is 0 Å². The largest absolute Gasteiger partial charge is 0.497 e. The van der Waals surface area contributed by atoms with Gasteiger partial charge in [0.05, 0.1) is 19.8 Å². The molecule has 2 aromatic rings. The molecular weight excluding hydrogens is 228 g/mol. The number of benzene rings is 1. The summed E-state index contributed by atoms with van der Waals surface area (Å²) in [6.45, 7) is 2.57. The van der Waals surface area contributed by atoms with E-state index in [1.54, 1.807) is 7.11 Å². The molecule has 2 N–H and O–H groups in total. The quantitative estimate of drug-likeness (QED) is 0.854. The van der Waals surface area contributed by atoms with Gasteiger partial charge in [0.15, 0.2) is 0 Å². The normalized spacial score (nSPS) is 20.8. The van der Waals surface area contributed by atoms with E-state index in [1.807, 2.05) is 6.07 Å². The molecule has 1 atom stereocenters. The Hall–Kier alpha value is -1.52. The lowest BCUT2D eigenvalue weighted by Gasteiger charge is -2.14. The molecule has 0 saturated carbocycles. The highest BCUT2D eigenvalue weighted by molar-refractivity contribution is 5.85. The molecule has 1 aliphatic heterocycles. The van der Waals surface area contributed by atoms with Crippen LogP contribution in [0.25, 0.3) is 10.9 Å². The van der Waals surface area contributed by atoms with Crippen molar-refractivity contribution < 1.29 is 9.47 Å². The number of hydrogen-bond donors (Lipinski definition) is 2. The first-order valence-corrected chi connectivity index (χ1v) is 6.34. The van der Waals surface area contributed by atoms with Crippen LogP contribution in [0.1, 0.15) is 18.0 Å². The standard InChI is InChI=1S/C14H18N2O2/c1-17-10-3-4-13-11(7-10)12(8-16-13)14-9-18-6-2-5-15-14/h3-4,7-8,14-16H,2,5-6,9H2,1H3. The van der Waals surface area contributed by atoms with E-state index in [1.165, 1.54) is 10.9 Å². The van der Waals surface area contributed by atoms with Gasteiger partial charge in [-0.3, -0.25) is 0 Å². The van der Waals surface area contributed by atoms with E-state index in [9.17, 15) is 0 Å². The summed E-state index contributed by atoms with van der Waals surface area (Å²) in [5.74, 6) is 0.887. The fourth-order valence-electron chi connectivity index (χ4n) is 2.45. The van der Waals surface area contributed by atoms with Crippen molar-refractivity contribution in [1.29, 1.82) is 0 Å². The molecule has 1 saturated heterocycles. The minimum Gasteiger partial charge on any atom is -0.497 e. The first kappa shape index (κ1) is 11.6. The van der Waals surface area contributed by atoms with Gasteiger partial charge in [0, 0.05) is 23.7 Å². The van der Waals surface area contributed by atoms with Crippen molar-refractivity contribution in [3.63, 3.8) is 0 Å². The van der Waals surface area contributed by atoms with Crippen molar-refractivity contribution in [2.45, 2.75) is 12.5 Å². The van der Waals surface area contributed by atoms with E-state index >= 15 is 0 Å². The third kappa shape index (κ3) is 2.09. The molecule has 2 heterocycles. The monoisotopic (exact) mass is 246 g/mol. The Morgan fingerprint density at radius 2 is 2.33 bits per heavy atom. The second kappa shape index (κ2) is 5.00. The summed E-state index contributed by atoms with van der Waals surface area (Å²) in [5, 5.41) is 4.73. The molecule has 4 heteroatoms.